The lowest BCUT2D eigenvalue weighted by molar-refractivity contribution is -0.160. The second-order valence-electron chi connectivity index (χ2n) is 6.75. The van der Waals surface area contributed by atoms with Crippen LogP contribution in [0.4, 0.5) is 4.39 Å². The van der Waals surface area contributed by atoms with E-state index in [1.807, 2.05) is 11.9 Å². The third kappa shape index (κ3) is 3.05. The molecule has 9 heteroatoms. The molecule has 0 aliphatic carbocycles. The van der Waals surface area contributed by atoms with Gasteiger partial charge < -0.3 is 10.0 Å². The van der Waals surface area contributed by atoms with E-state index in [4.69, 9.17) is 11.6 Å². The highest BCUT2D eigenvalue weighted by atomic mass is 35.5. The molecule has 1 aromatic rings. The first-order valence-electron chi connectivity index (χ1n) is 8.07. The van der Waals surface area contributed by atoms with Gasteiger partial charge in [0.15, 0.2) is 0 Å². The van der Waals surface area contributed by atoms with Crippen LogP contribution < -0.4 is 0 Å². The number of hydrogen-bond donors (Lipinski definition) is 1. The number of sulfonamides is 1. The van der Waals surface area contributed by atoms with Crippen LogP contribution in [0.1, 0.15) is 19.3 Å². The lowest BCUT2D eigenvalue weighted by atomic mass is 9.69. The second kappa shape index (κ2) is 6.50. The first kappa shape index (κ1) is 18.6. The Labute approximate surface area is 151 Å². The summed E-state index contributed by atoms with van der Waals surface area (Å²) in [6, 6.07) is 2.90. The van der Waals surface area contributed by atoms with Gasteiger partial charge in [0.25, 0.3) is 0 Å². The SMILES string of the molecule is CN1CCC[C@]2(C(=O)O)CCN(S(=O)(=O)c3ccc(F)c(Cl)c3)C[C@@H]12. The zero-order chi connectivity index (χ0) is 18.4. The predicted octanol–water partition coefficient (Wildman–Crippen LogP) is 2.04. The van der Waals surface area contributed by atoms with Crippen LogP contribution in [0.15, 0.2) is 23.1 Å². The molecular formula is C16H20ClFN2O4S. The van der Waals surface area contributed by atoms with Crippen LogP contribution in [0.5, 0.6) is 0 Å². The van der Waals surface area contributed by atoms with Gasteiger partial charge >= 0.3 is 5.97 Å². The molecule has 0 aromatic heterocycles. The van der Waals surface area contributed by atoms with Crippen molar-refractivity contribution in [3.8, 4) is 0 Å². The highest BCUT2D eigenvalue weighted by Crippen LogP contribution is 2.43. The Hall–Kier alpha value is -1.22. The normalized spacial score (nSPS) is 28.5. The minimum Gasteiger partial charge on any atom is -0.481 e. The maximum Gasteiger partial charge on any atom is 0.311 e. The summed E-state index contributed by atoms with van der Waals surface area (Å²) in [6.45, 7) is 0.948. The Morgan fingerprint density at radius 3 is 2.72 bits per heavy atom. The number of hydrogen-bond acceptors (Lipinski definition) is 4. The van der Waals surface area contributed by atoms with Gasteiger partial charge in [0.1, 0.15) is 5.82 Å². The summed E-state index contributed by atoms with van der Waals surface area (Å²) in [5.41, 5.74) is -0.917. The third-order valence-corrected chi connectivity index (χ3v) is 7.59. The highest BCUT2D eigenvalue weighted by molar-refractivity contribution is 7.89. The van der Waals surface area contributed by atoms with Crippen LogP contribution in [0.3, 0.4) is 0 Å². The highest BCUT2D eigenvalue weighted by Gasteiger charge is 2.53. The fourth-order valence-corrected chi connectivity index (χ4v) is 5.68. The molecule has 25 heavy (non-hydrogen) atoms. The van der Waals surface area contributed by atoms with E-state index in [9.17, 15) is 22.7 Å². The van der Waals surface area contributed by atoms with Gasteiger partial charge in [-0.2, -0.15) is 4.31 Å². The van der Waals surface area contributed by atoms with E-state index in [-0.39, 0.29) is 29.4 Å². The van der Waals surface area contributed by atoms with E-state index in [1.165, 1.54) is 10.4 Å². The monoisotopic (exact) mass is 390 g/mol. The largest absolute Gasteiger partial charge is 0.481 e. The molecule has 0 amide bonds. The van der Waals surface area contributed by atoms with E-state index < -0.39 is 33.3 Å². The Morgan fingerprint density at radius 2 is 2.08 bits per heavy atom. The van der Waals surface area contributed by atoms with Crippen molar-refractivity contribution in [2.75, 3.05) is 26.7 Å². The van der Waals surface area contributed by atoms with Gasteiger partial charge in [0.2, 0.25) is 10.0 Å². The van der Waals surface area contributed by atoms with E-state index in [2.05, 4.69) is 0 Å². The molecule has 138 valence electrons. The van der Waals surface area contributed by atoms with Crippen molar-refractivity contribution in [3.05, 3.63) is 29.0 Å². The lowest BCUT2D eigenvalue weighted by Crippen LogP contribution is -2.63. The van der Waals surface area contributed by atoms with Gasteiger partial charge in [0.05, 0.1) is 15.3 Å². The average Bonchev–Trinajstić information content (AvgIpc) is 2.57. The number of fused-ring (bicyclic) bond motifs is 1. The van der Waals surface area contributed by atoms with E-state index in [0.29, 0.717) is 6.42 Å². The molecular weight excluding hydrogens is 371 g/mol. The number of nitrogens with zero attached hydrogens (tertiary/aromatic N) is 2. The molecule has 2 aliphatic heterocycles. The van der Waals surface area contributed by atoms with Crippen LogP contribution in [-0.2, 0) is 14.8 Å². The minimum atomic E-state index is -3.87. The molecule has 6 nitrogen and oxygen atoms in total. The fourth-order valence-electron chi connectivity index (χ4n) is 3.96. The lowest BCUT2D eigenvalue weighted by Gasteiger charge is -2.51. The number of carbonyl (C=O) groups is 1. The zero-order valence-electron chi connectivity index (χ0n) is 13.8. The molecule has 2 heterocycles. The summed E-state index contributed by atoms with van der Waals surface area (Å²) in [5, 5.41) is 9.50. The molecule has 2 fully saturated rings. The number of carboxylic acids is 1. The van der Waals surface area contributed by atoms with Crippen molar-refractivity contribution in [2.45, 2.75) is 30.2 Å². The van der Waals surface area contributed by atoms with Crippen molar-refractivity contribution >= 4 is 27.6 Å². The molecule has 1 N–H and O–H groups in total. The van der Waals surface area contributed by atoms with Crippen molar-refractivity contribution in [1.82, 2.24) is 9.21 Å². The molecule has 1 aromatic carbocycles. The molecule has 0 spiro atoms. The molecule has 2 aliphatic rings. The van der Waals surface area contributed by atoms with E-state index in [0.717, 1.165) is 25.1 Å². The number of carboxylic acid groups (broad SMARTS) is 1. The summed E-state index contributed by atoms with van der Waals surface area (Å²) in [7, 11) is -2.04. The Kier molecular flexibility index (Phi) is 4.83. The van der Waals surface area contributed by atoms with Crippen molar-refractivity contribution in [2.24, 2.45) is 5.41 Å². The van der Waals surface area contributed by atoms with Crippen LogP contribution in [0.2, 0.25) is 5.02 Å². The van der Waals surface area contributed by atoms with Gasteiger partial charge in [-0.05, 0) is 51.1 Å². The number of aliphatic carboxylic acids is 1. The fraction of sp³-hybridized carbons (Fsp3) is 0.562. The van der Waals surface area contributed by atoms with Gasteiger partial charge in [-0.15, -0.1) is 0 Å². The molecule has 3 rings (SSSR count). The van der Waals surface area contributed by atoms with Crippen molar-refractivity contribution in [1.29, 1.82) is 0 Å². The van der Waals surface area contributed by atoms with Crippen molar-refractivity contribution < 1.29 is 22.7 Å². The number of rotatable bonds is 3. The Morgan fingerprint density at radius 1 is 1.36 bits per heavy atom. The van der Waals surface area contributed by atoms with Gasteiger partial charge in [-0.1, -0.05) is 11.6 Å². The molecule has 0 bridgehead atoms. The molecule has 0 radical (unpaired) electrons. The van der Waals surface area contributed by atoms with Crippen LogP contribution >= 0.6 is 11.6 Å². The minimum absolute atomic E-state index is 0.0832. The maximum absolute atomic E-state index is 13.3. The second-order valence-corrected chi connectivity index (χ2v) is 9.10. The van der Waals surface area contributed by atoms with E-state index in [1.54, 1.807) is 0 Å². The summed E-state index contributed by atoms with van der Waals surface area (Å²) >= 11 is 5.71. The van der Waals surface area contributed by atoms with E-state index >= 15 is 0 Å². The Balaban J connectivity index is 1.92. The molecule has 2 atom stereocenters. The number of likely N-dealkylation sites (N-methyl/N-ethyl adjacent to an activating group) is 1. The summed E-state index contributed by atoms with van der Waals surface area (Å²) in [6.07, 6.45) is 1.58. The van der Waals surface area contributed by atoms with Crippen LogP contribution in [0.25, 0.3) is 0 Å². The summed E-state index contributed by atoms with van der Waals surface area (Å²) in [5.74, 6) is -1.55. The van der Waals surface area contributed by atoms with Crippen molar-refractivity contribution in [3.63, 3.8) is 0 Å². The average molecular weight is 391 g/mol. The number of likely N-dealkylation sites (tertiary alicyclic amines) is 1. The topological polar surface area (TPSA) is 77.9 Å². The van der Waals surface area contributed by atoms with Gasteiger partial charge in [-0.25, -0.2) is 12.8 Å². The van der Waals surface area contributed by atoms with Crippen LogP contribution in [0, 0.1) is 11.2 Å². The third-order valence-electron chi connectivity index (χ3n) is 5.44. The molecule has 2 saturated heterocycles. The zero-order valence-corrected chi connectivity index (χ0v) is 15.4. The van der Waals surface area contributed by atoms with Gasteiger partial charge in [-0.3, -0.25) is 4.79 Å². The molecule has 0 unspecified atom stereocenters. The molecule has 0 saturated carbocycles. The first-order chi connectivity index (χ1) is 11.7. The quantitative estimate of drug-likeness (QED) is 0.854. The predicted molar refractivity (Wildman–Crippen MR) is 90.5 cm³/mol. The van der Waals surface area contributed by atoms with Crippen LogP contribution in [-0.4, -0.2) is 61.4 Å². The summed E-state index contributed by atoms with van der Waals surface area (Å²) < 4.78 is 40.4. The maximum atomic E-state index is 13.3. The number of halogens is 2. The van der Waals surface area contributed by atoms with Gasteiger partial charge in [0, 0.05) is 19.1 Å². The standard InChI is InChI=1S/C16H20ClFN2O4S/c1-19-7-2-5-16(15(21)22)6-8-20(10-14(16)19)25(23,24)11-3-4-13(18)12(17)9-11/h3-4,9,14H,2,5-8,10H2,1H3,(H,21,22)/t14-,16+/m1/s1. The number of piperidine rings is 2. The Bertz CT molecular complexity index is 803. The smallest absolute Gasteiger partial charge is 0.311 e. The number of benzene rings is 1. The first-order valence-corrected chi connectivity index (χ1v) is 9.89. The summed E-state index contributed by atoms with van der Waals surface area (Å²) in [4.78, 5) is 13.8.